The molecule has 2 nitrogen and oxygen atoms in total. The average molecular weight is 353 g/mol. The van der Waals surface area contributed by atoms with Crippen LogP contribution in [0.2, 0.25) is 0 Å². The molecule has 0 amide bonds. The summed E-state index contributed by atoms with van der Waals surface area (Å²) in [5.41, 5.74) is 0.915. The number of hydrogen-bond donors (Lipinski definition) is 1. The first-order chi connectivity index (χ1) is 9.69. The van der Waals surface area contributed by atoms with Crippen molar-refractivity contribution < 1.29 is 9.84 Å². The molecule has 1 unspecified atom stereocenters. The van der Waals surface area contributed by atoms with Gasteiger partial charge in [-0.2, -0.15) is 0 Å². The standard InChI is InChI=1S/C16H17BrO2S/c1-2-19-14-7-3-12(4-8-14)16(18)11-20-15-9-5-13(17)6-10-15/h3-10,16,18H,2,11H2,1H3. The van der Waals surface area contributed by atoms with Gasteiger partial charge < -0.3 is 9.84 Å². The fourth-order valence-electron chi connectivity index (χ4n) is 1.76. The van der Waals surface area contributed by atoms with Crippen molar-refractivity contribution in [1.82, 2.24) is 0 Å². The SMILES string of the molecule is CCOc1ccc(C(O)CSc2ccc(Br)cc2)cc1. The summed E-state index contributed by atoms with van der Waals surface area (Å²) in [5, 5.41) is 10.2. The van der Waals surface area contributed by atoms with E-state index in [2.05, 4.69) is 15.9 Å². The lowest BCUT2D eigenvalue weighted by Gasteiger charge is -2.11. The summed E-state index contributed by atoms with van der Waals surface area (Å²) in [4.78, 5) is 1.15. The van der Waals surface area contributed by atoms with E-state index in [0.717, 1.165) is 20.7 Å². The molecule has 0 aliphatic rings. The Morgan fingerprint density at radius 2 is 1.75 bits per heavy atom. The first-order valence-electron chi connectivity index (χ1n) is 6.48. The maximum Gasteiger partial charge on any atom is 0.119 e. The van der Waals surface area contributed by atoms with Crippen molar-refractivity contribution >= 4 is 27.7 Å². The van der Waals surface area contributed by atoms with Gasteiger partial charge in [0.05, 0.1) is 12.7 Å². The van der Waals surface area contributed by atoms with Crippen LogP contribution in [0.15, 0.2) is 57.9 Å². The number of halogens is 1. The molecule has 4 heteroatoms. The molecule has 0 bridgehead atoms. The van der Waals surface area contributed by atoms with E-state index in [1.54, 1.807) is 11.8 Å². The molecule has 0 aliphatic carbocycles. The van der Waals surface area contributed by atoms with E-state index >= 15 is 0 Å². The minimum absolute atomic E-state index is 0.473. The highest BCUT2D eigenvalue weighted by Crippen LogP contribution is 2.26. The van der Waals surface area contributed by atoms with Crippen LogP contribution in [0.4, 0.5) is 0 Å². The fourth-order valence-corrected chi connectivity index (χ4v) is 2.89. The van der Waals surface area contributed by atoms with Crippen LogP contribution in [0.3, 0.4) is 0 Å². The second kappa shape index (κ2) is 7.72. The van der Waals surface area contributed by atoms with E-state index in [-0.39, 0.29) is 0 Å². The van der Waals surface area contributed by atoms with Gasteiger partial charge in [0, 0.05) is 15.1 Å². The van der Waals surface area contributed by atoms with Crippen molar-refractivity contribution in [2.24, 2.45) is 0 Å². The zero-order chi connectivity index (χ0) is 14.4. The molecule has 1 atom stereocenters. The van der Waals surface area contributed by atoms with Crippen molar-refractivity contribution in [2.75, 3.05) is 12.4 Å². The van der Waals surface area contributed by atoms with Gasteiger partial charge in [-0.3, -0.25) is 0 Å². The molecule has 1 N–H and O–H groups in total. The summed E-state index contributed by atoms with van der Waals surface area (Å²) in [7, 11) is 0. The summed E-state index contributed by atoms with van der Waals surface area (Å²) in [6.45, 7) is 2.61. The second-order valence-corrected chi connectivity index (χ2v) is 6.29. The van der Waals surface area contributed by atoms with E-state index in [1.807, 2.05) is 55.5 Å². The lowest BCUT2D eigenvalue weighted by molar-refractivity contribution is 0.204. The number of rotatable bonds is 6. The first-order valence-corrected chi connectivity index (χ1v) is 8.26. The van der Waals surface area contributed by atoms with Crippen LogP contribution in [0, 0.1) is 0 Å². The Balaban J connectivity index is 1.90. The number of hydrogen-bond acceptors (Lipinski definition) is 3. The molecular weight excluding hydrogens is 336 g/mol. The maximum atomic E-state index is 10.2. The number of benzene rings is 2. The molecule has 0 fully saturated rings. The van der Waals surface area contributed by atoms with Gasteiger partial charge in [-0.25, -0.2) is 0 Å². The normalized spacial score (nSPS) is 12.2. The lowest BCUT2D eigenvalue weighted by Crippen LogP contribution is -2.00. The van der Waals surface area contributed by atoms with Gasteiger partial charge in [-0.15, -0.1) is 11.8 Å². The predicted octanol–water partition coefficient (Wildman–Crippen LogP) is 4.67. The average Bonchev–Trinajstić information content (AvgIpc) is 2.47. The zero-order valence-corrected chi connectivity index (χ0v) is 13.7. The number of aliphatic hydroxyl groups is 1. The highest BCUT2D eigenvalue weighted by atomic mass is 79.9. The fraction of sp³-hybridized carbons (Fsp3) is 0.250. The number of thioether (sulfide) groups is 1. The van der Waals surface area contributed by atoms with Crippen molar-refractivity contribution in [3.63, 3.8) is 0 Å². The van der Waals surface area contributed by atoms with E-state index in [1.165, 1.54) is 0 Å². The zero-order valence-electron chi connectivity index (χ0n) is 11.3. The Morgan fingerprint density at radius 1 is 1.10 bits per heavy atom. The Kier molecular flexibility index (Phi) is 5.95. The topological polar surface area (TPSA) is 29.5 Å². The summed E-state index contributed by atoms with van der Waals surface area (Å²) >= 11 is 5.06. The third kappa shape index (κ3) is 4.54. The minimum Gasteiger partial charge on any atom is -0.494 e. The van der Waals surface area contributed by atoms with Crippen LogP contribution in [-0.4, -0.2) is 17.5 Å². The molecule has 2 aromatic rings. The van der Waals surface area contributed by atoms with E-state index in [9.17, 15) is 5.11 Å². The molecule has 0 saturated carbocycles. The quantitative estimate of drug-likeness (QED) is 0.765. The second-order valence-electron chi connectivity index (χ2n) is 4.28. The first kappa shape index (κ1) is 15.4. The minimum atomic E-state index is -0.473. The molecule has 20 heavy (non-hydrogen) atoms. The summed E-state index contributed by atoms with van der Waals surface area (Å²) in [6.07, 6.45) is -0.473. The highest BCUT2D eigenvalue weighted by Gasteiger charge is 2.08. The van der Waals surface area contributed by atoms with Crippen LogP contribution >= 0.6 is 27.7 Å². The van der Waals surface area contributed by atoms with Crippen LogP contribution in [-0.2, 0) is 0 Å². The molecule has 2 rings (SSSR count). The van der Waals surface area contributed by atoms with Gasteiger partial charge in [-0.05, 0) is 48.9 Å². The van der Waals surface area contributed by atoms with Crippen molar-refractivity contribution in [3.05, 3.63) is 58.6 Å². The third-order valence-electron chi connectivity index (χ3n) is 2.80. The van der Waals surface area contributed by atoms with Crippen LogP contribution in [0.1, 0.15) is 18.6 Å². The van der Waals surface area contributed by atoms with Gasteiger partial charge in [0.1, 0.15) is 5.75 Å². The van der Waals surface area contributed by atoms with E-state index in [0.29, 0.717) is 12.4 Å². The van der Waals surface area contributed by atoms with E-state index < -0.39 is 6.10 Å². The molecule has 0 saturated heterocycles. The van der Waals surface area contributed by atoms with Crippen molar-refractivity contribution in [3.8, 4) is 5.75 Å². The largest absolute Gasteiger partial charge is 0.494 e. The van der Waals surface area contributed by atoms with Gasteiger partial charge in [-0.1, -0.05) is 28.1 Å². The third-order valence-corrected chi connectivity index (χ3v) is 4.41. The number of ether oxygens (including phenoxy) is 1. The lowest BCUT2D eigenvalue weighted by atomic mass is 10.1. The number of aliphatic hydroxyl groups excluding tert-OH is 1. The van der Waals surface area contributed by atoms with Gasteiger partial charge in [0.25, 0.3) is 0 Å². The molecule has 0 aliphatic heterocycles. The molecule has 0 aromatic heterocycles. The van der Waals surface area contributed by atoms with Crippen LogP contribution < -0.4 is 4.74 Å². The molecule has 106 valence electrons. The van der Waals surface area contributed by atoms with Crippen molar-refractivity contribution in [2.45, 2.75) is 17.9 Å². The molecule has 0 radical (unpaired) electrons. The summed E-state index contributed by atoms with van der Waals surface area (Å²) in [6, 6.07) is 15.7. The molecular formula is C16H17BrO2S. The molecule has 2 aromatic carbocycles. The Morgan fingerprint density at radius 3 is 2.35 bits per heavy atom. The van der Waals surface area contributed by atoms with E-state index in [4.69, 9.17) is 4.74 Å². The van der Waals surface area contributed by atoms with Gasteiger partial charge in [0.15, 0.2) is 0 Å². The van der Waals surface area contributed by atoms with Gasteiger partial charge in [0.2, 0.25) is 0 Å². The van der Waals surface area contributed by atoms with Crippen LogP contribution in [0.5, 0.6) is 5.75 Å². The van der Waals surface area contributed by atoms with Gasteiger partial charge >= 0.3 is 0 Å². The van der Waals surface area contributed by atoms with Crippen molar-refractivity contribution in [1.29, 1.82) is 0 Å². The summed E-state index contributed by atoms with van der Waals surface area (Å²) < 4.78 is 6.45. The maximum absolute atomic E-state index is 10.2. The molecule has 0 heterocycles. The Bertz CT molecular complexity index is 525. The highest BCUT2D eigenvalue weighted by molar-refractivity contribution is 9.10. The van der Waals surface area contributed by atoms with Crippen LogP contribution in [0.25, 0.3) is 0 Å². The Hall–Kier alpha value is -0.970. The smallest absolute Gasteiger partial charge is 0.119 e. The predicted molar refractivity (Wildman–Crippen MR) is 87.4 cm³/mol. The molecule has 0 spiro atoms. The monoisotopic (exact) mass is 352 g/mol. The summed E-state index contributed by atoms with van der Waals surface area (Å²) in [5.74, 6) is 1.47. The Labute approximate surface area is 132 Å².